The molecule has 1 aliphatic heterocycles. The average Bonchev–Trinajstić information content (AvgIpc) is 1.81. The molecule has 0 aromatic carbocycles. The second kappa shape index (κ2) is 2.76. The molecule has 1 N–H and O–H groups in total. The first-order chi connectivity index (χ1) is 5.29. The van der Waals surface area contributed by atoms with Gasteiger partial charge in [0.25, 0.3) is 0 Å². The topological polar surface area (TPSA) is 23.5 Å². The average molecular weight is 155 g/mol. The van der Waals surface area contributed by atoms with Crippen LogP contribution in [0.15, 0.2) is 0 Å². The molecule has 0 unspecified atom stereocenters. The molecule has 1 aliphatic carbocycles. The van der Waals surface area contributed by atoms with Crippen molar-refractivity contribution in [1.82, 2.24) is 4.90 Å². The molecule has 11 heavy (non-hydrogen) atoms. The number of aliphatic hydroxyl groups is 1. The number of hydrogen-bond donors (Lipinski definition) is 1. The third kappa shape index (κ3) is 1.30. The number of rotatable bonds is 2. The first kappa shape index (κ1) is 7.56. The fraction of sp³-hybridized carbons (Fsp3) is 1.00. The van der Waals surface area contributed by atoms with Gasteiger partial charge in [0.2, 0.25) is 0 Å². The van der Waals surface area contributed by atoms with Gasteiger partial charge >= 0.3 is 0 Å². The molecule has 0 bridgehead atoms. The van der Waals surface area contributed by atoms with Crippen LogP contribution in [0, 0.1) is 5.92 Å². The zero-order valence-electron chi connectivity index (χ0n) is 7.16. The largest absolute Gasteiger partial charge is 0.390 e. The standard InChI is InChI=1S/C9H17NO/c1-2-7-3-8(4-7)10-5-9(11)6-10/h7-9,11H,2-6H2,1H3. The van der Waals surface area contributed by atoms with Crippen LogP contribution in [0.5, 0.6) is 0 Å². The summed E-state index contributed by atoms with van der Waals surface area (Å²) in [6.07, 6.45) is 4.08. The molecule has 0 aromatic heterocycles. The van der Waals surface area contributed by atoms with E-state index in [2.05, 4.69) is 11.8 Å². The van der Waals surface area contributed by atoms with Crippen LogP contribution in [-0.4, -0.2) is 35.2 Å². The zero-order valence-corrected chi connectivity index (χ0v) is 7.16. The van der Waals surface area contributed by atoms with Crippen molar-refractivity contribution < 1.29 is 5.11 Å². The minimum absolute atomic E-state index is 0.0179. The maximum absolute atomic E-state index is 9.07. The first-order valence-electron chi connectivity index (χ1n) is 4.71. The molecular weight excluding hydrogens is 138 g/mol. The van der Waals surface area contributed by atoms with Gasteiger partial charge in [0.15, 0.2) is 0 Å². The molecule has 0 spiro atoms. The second-order valence-corrected chi connectivity index (χ2v) is 4.01. The van der Waals surface area contributed by atoms with Gasteiger partial charge in [0, 0.05) is 19.1 Å². The van der Waals surface area contributed by atoms with Crippen molar-refractivity contribution in [3.63, 3.8) is 0 Å². The first-order valence-corrected chi connectivity index (χ1v) is 4.71. The summed E-state index contributed by atoms with van der Waals surface area (Å²) in [5.74, 6) is 0.984. The third-order valence-corrected chi connectivity index (χ3v) is 3.20. The van der Waals surface area contributed by atoms with E-state index in [-0.39, 0.29) is 6.10 Å². The minimum Gasteiger partial charge on any atom is -0.390 e. The fourth-order valence-corrected chi connectivity index (χ4v) is 2.12. The summed E-state index contributed by atoms with van der Waals surface area (Å²) in [6.45, 7) is 4.13. The van der Waals surface area contributed by atoms with Crippen molar-refractivity contribution in [2.24, 2.45) is 5.92 Å². The number of likely N-dealkylation sites (tertiary alicyclic amines) is 1. The highest BCUT2D eigenvalue weighted by Gasteiger charge is 2.37. The third-order valence-electron chi connectivity index (χ3n) is 3.20. The molecule has 2 fully saturated rings. The van der Waals surface area contributed by atoms with Crippen molar-refractivity contribution >= 4 is 0 Å². The normalized spacial score (nSPS) is 39.8. The van der Waals surface area contributed by atoms with Gasteiger partial charge in [0.1, 0.15) is 0 Å². The monoisotopic (exact) mass is 155 g/mol. The lowest BCUT2D eigenvalue weighted by atomic mass is 9.76. The molecule has 2 heteroatoms. The van der Waals surface area contributed by atoms with E-state index in [9.17, 15) is 0 Å². The van der Waals surface area contributed by atoms with E-state index >= 15 is 0 Å². The van der Waals surface area contributed by atoms with Crippen LogP contribution in [0.1, 0.15) is 26.2 Å². The van der Waals surface area contributed by atoms with Crippen molar-refractivity contribution in [2.75, 3.05) is 13.1 Å². The van der Waals surface area contributed by atoms with Crippen LogP contribution >= 0.6 is 0 Å². The molecule has 1 heterocycles. The molecule has 1 saturated carbocycles. The Balaban J connectivity index is 1.67. The van der Waals surface area contributed by atoms with Crippen LogP contribution in [0.4, 0.5) is 0 Å². The number of hydrogen-bond acceptors (Lipinski definition) is 2. The summed E-state index contributed by atoms with van der Waals surface area (Å²) >= 11 is 0. The van der Waals surface area contributed by atoms with E-state index in [1.165, 1.54) is 19.3 Å². The summed E-state index contributed by atoms with van der Waals surface area (Å²) in [5.41, 5.74) is 0. The predicted octanol–water partition coefficient (Wildman–Crippen LogP) is 0.851. The van der Waals surface area contributed by atoms with Crippen molar-refractivity contribution in [3.05, 3.63) is 0 Å². The Morgan fingerprint density at radius 3 is 2.45 bits per heavy atom. The fourth-order valence-electron chi connectivity index (χ4n) is 2.12. The summed E-state index contributed by atoms with van der Waals surface area (Å²) < 4.78 is 0. The molecule has 0 aromatic rings. The summed E-state index contributed by atoms with van der Waals surface area (Å²) in [7, 11) is 0. The quantitative estimate of drug-likeness (QED) is 0.639. The molecule has 0 atom stereocenters. The van der Waals surface area contributed by atoms with Gasteiger partial charge in [-0.25, -0.2) is 0 Å². The lowest BCUT2D eigenvalue weighted by Crippen LogP contribution is -2.58. The lowest BCUT2D eigenvalue weighted by molar-refractivity contribution is -0.0590. The van der Waals surface area contributed by atoms with E-state index in [1.54, 1.807) is 0 Å². The van der Waals surface area contributed by atoms with Crippen LogP contribution in [0.25, 0.3) is 0 Å². The number of nitrogens with zero attached hydrogens (tertiary/aromatic N) is 1. The molecule has 2 aliphatic rings. The minimum atomic E-state index is -0.0179. The van der Waals surface area contributed by atoms with Gasteiger partial charge in [-0.15, -0.1) is 0 Å². The number of aliphatic hydroxyl groups excluding tert-OH is 1. The van der Waals surface area contributed by atoms with Gasteiger partial charge in [-0.05, 0) is 18.8 Å². The Bertz CT molecular complexity index is 136. The van der Waals surface area contributed by atoms with Crippen LogP contribution in [0.2, 0.25) is 0 Å². The highest BCUT2D eigenvalue weighted by atomic mass is 16.3. The zero-order chi connectivity index (χ0) is 7.84. The highest BCUT2D eigenvalue weighted by molar-refractivity contribution is 4.92. The highest BCUT2D eigenvalue weighted by Crippen LogP contribution is 2.35. The van der Waals surface area contributed by atoms with Gasteiger partial charge in [-0.1, -0.05) is 13.3 Å². The predicted molar refractivity (Wildman–Crippen MR) is 44.4 cm³/mol. The molecule has 2 rings (SSSR count). The molecule has 0 radical (unpaired) electrons. The summed E-state index contributed by atoms with van der Waals surface area (Å²) in [5, 5.41) is 9.07. The Morgan fingerprint density at radius 2 is 2.00 bits per heavy atom. The van der Waals surface area contributed by atoms with Crippen molar-refractivity contribution in [3.8, 4) is 0 Å². The summed E-state index contributed by atoms with van der Waals surface area (Å²) in [4.78, 5) is 2.41. The molecule has 2 nitrogen and oxygen atoms in total. The van der Waals surface area contributed by atoms with E-state index in [1.807, 2.05) is 0 Å². The van der Waals surface area contributed by atoms with Gasteiger partial charge in [-0.3, -0.25) is 4.90 Å². The van der Waals surface area contributed by atoms with Crippen LogP contribution in [-0.2, 0) is 0 Å². The SMILES string of the molecule is CCC1CC(N2CC(O)C2)C1. The van der Waals surface area contributed by atoms with E-state index in [0.717, 1.165) is 25.0 Å². The Labute approximate surface area is 68.2 Å². The molecular formula is C9H17NO. The molecule has 0 amide bonds. The van der Waals surface area contributed by atoms with E-state index in [0.29, 0.717) is 0 Å². The Hall–Kier alpha value is -0.0800. The molecule has 1 saturated heterocycles. The van der Waals surface area contributed by atoms with Gasteiger partial charge in [0.05, 0.1) is 6.10 Å². The van der Waals surface area contributed by atoms with Crippen LogP contribution in [0.3, 0.4) is 0 Å². The molecule has 64 valence electrons. The van der Waals surface area contributed by atoms with E-state index < -0.39 is 0 Å². The van der Waals surface area contributed by atoms with Gasteiger partial charge < -0.3 is 5.11 Å². The van der Waals surface area contributed by atoms with Crippen LogP contribution < -0.4 is 0 Å². The summed E-state index contributed by atoms with van der Waals surface area (Å²) in [6, 6.07) is 0.823. The lowest BCUT2D eigenvalue weighted by Gasteiger charge is -2.49. The number of β-amino-alcohol motifs (C(OH)–C–C–N with tert-alkyl or cyclic N) is 1. The smallest absolute Gasteiger partial charge is 0.0794 e. The van der Waals surface area contributed by atoms with Crippen molar-refractivity contribution in [1.29, 1.82) is 0 Å². The maximum atomic E-state index is 9.07. The van der Waals surface area contributed by atoms with Crippen molar-refractivity contribution in [2.45, 2.75) is 38.3 Å². The Morgan fingerprint density at radius 1 is 1.36 bits per heavy atom. The van der Waals surface area contributed by atoms with Gasteiger partial charge in [-0.2, -0.15) is 0 Å². The van der Waals surface area contributed by atoms with E-state index in [4.69, 9.17) is 5.11 Å². The Kier molecular flexibility index (Phi) is 1.90. The second-order valence-electron chi connectivity index (χ2n) is 4.01. The maximum Gasteiger partial charge on any atom is 0.0794 e.